The number of rotatable bonds is 3. The molecule has 0 radical (unpaired) electrons. The van der Waals surface area contributed by atoms with E-state index in [-0.39, 0.29) is 17.9 Å². The van der Waals surface area contributed by atoms with Gasteiger partial charge in [-0.3, -0.25) is 10.1 Å². The fourth-order valence-corrected chi connectivity index (χ4v) is 2.23. The van der Waals surface area contributed by atoms with Crippen LogP contribution < -0.4 is 10.1 Å². The van der Waals surface area contributed by atoms with E-state index in [0.717, 1.165) is 0 Å². The van der Waals surface area contributed by atoms with Gasteiger partial charge in [0, 0.05) is 13.1 Å². The van der Waals surface area contributed by atoms with E-state index in [0.29, 0.717) is 25.1 Å². The number of nitrogens with zero attached hydrogens (tertiary/aromatic N) is 2. The number of carbonyl (C=O) groups is 1. The number of likely N-dealkylation sites (tertiary alicyclic amines) is 1. The first-order chi connectivity index (χ1) is 10.0. The lowest BCUT2D eigenvalue weighted by molar-refractivity contribution is -0.384. The molecule has 1 atom stereocenters. The summed E-state index contributed by atoms with van der Waals surface area (Å²) in [5, 5.41) is 23.1. The smallest absolute Gasteiger partial charge is 0.322 e. The summed E-state index contributed by atoms with van der Waals surface area (Å²) >= 11 is 0. The van der Waals surface area contributed by atoms with Crippen LogP contribution in [-0.4, -0.2) is 47.3 Å². The van der Waals surface area contributed by atoms with E-state index in [9.17, 15) is 20.0 Å². The molecule has 1 aromatic carbocycles. The zero-order valence-corrected chi connectivity index (χ0v) is 11.6. The third-order valence-corrected chi connectivity index (χ3v) is 3.33. The van der Waals surface area contributed by atoms with Crippen molar-refractivity contribution < 1.29 is 19.6 Å². The number of hydrogen-bond donors (Lipinski definition) is 2. The van der Waals surface area contributed by atoms with Crippen molar-refractivity contribution in [2.45, 2.75) is 18.9 Å². The molecule has 114 valence electrons. The summed E-state index contributed by atoms with van der Waals surface area (Å²) in [6.07, 6.45) is 0.821. The summed E-state index contributed by atoms with van der Waals surface area (Å²) in [4.78, 5) is 24.0. The monoisotopic (exact) mass is 295 g/mol. The van der Waals surface area contributed by atoms with E-state index in [2.05, 4.69) is 5.32 Å². The van der Waals surface area contributed by atoms with Crippen LogP contribution in [0.5, 0.6) is 5.75 Å². The highest BCUT2D eigenvalue weighted by Gasteiger charge is 2.24. The van der Waals surface area contributed by atoms with Crippen LogP contribution in [0.3, 0.4) is 0 Å². The molecule has 0 aliphatic carbocycles. The summed E-state index contributed by atoms with van der Waals surface area (Å²) in [5.74, 6) is 0.341. The molecule has 1 saturated heterocycles. The number of urea groups is 1. The average Bonchev–Trinajstić information content (AvgIpc) is 2.47. The van der Waals surface area contributed by atoms with Gasteiger partial charge in [-0.15, -0.1) is 0 Å². The van der Waals surface area contributed by atoms with Crippen molar-refractivity contribution in [3.63, 3.8) is 0 Å². The highest BCUT2D eigenvalue weighted by molar-refractivity contribution is 5.92. The van der Waals surface area contributed by atoms with E-state index >= 15 is 0 Å². The Kier molecular flexibility index (Phi) is 4.59. The van der Waals surface area contributed by atoms with Gasteiger partial charge >= 0.3 is 6.03 Å². The predicted octanol–water partition coefficient (Wildman–Crippen LogP) is 1.59. The third kappa shape index (κ3) is 3.60. The van der Waals surface area contributed by atoms with Gasteiger partial charge in [-0.05, 0) is 25.0 Å². The van der Waals surface area contributed by atoms with Crippen LogP contribution >= 0.6 is 0 Å². The molecule has 1 unspecified atom stereocenters. The molecule has 8 heteroatoms. The van der Waals surface area contributed by atoms with Crippen LogP contribution in [0.1, 0.15) is 12.8 Å². The second kappa shape index (κ2) is 6.40. The molecule has 1 fully saturated rings. The molecular weight excluding hydrogens is 278 g/mol. The molecular formula is C13H17N3O5. The summed E-state index contributed by atoms with van der Waals surface area (Å²) in [6.45, 7) is 0.753. The molecule has 8 nitrogen and oxygen atoms in total. The Hall–Kier alpha value is -2.35. The topological polar surface area (TPSA) is 105 Å². The lowest BCUT2D eigenvalue weighted by atomic mass is 10.1. The second-order valence-corrected chi connectivity index (χ2v) is 4.81. The minimum absolute atomic E-state index is 0.103. The number of carbonyl (C=O) groups excluding carboxylic acids is 1. The molecule has 2 N–H and O–H groups in total. The molecule has 0 saturated carbocycles. The van der Waals surface area contributed by atoms with Crippen molar-refractivity contribution in [3.05, 3.63) is 28.3 Å². The van der Waals surface area contributed by atoms with Crippen LogP contribution in [0.4, 0.5) is 16.2 Å². The number of benzene rings is 1. The van der Waals surface area contributed by atoms with Gasteiger partial charge < -0.3 is 20.1 Å². The molecule has 0 spiro atoms. The Labute approximate surface area is 121 Å². The fourth-order valence-electron chi connectivity index (χ4n) is 2.23. The van der Waals surface area contributed by atoms with Gasteiger partial charge in [0.15, 0.2) is 0 Å². The van der Waals surface area contributed by atoms with Crippen molar-refractivity contribution in [3.8, 4) is 5.75 Å². The quantitative estimate of drug-likeness (QED) is 0.651. The molecule has 0 bridgehead atoms. The van der Waals surface area contributed by atoms with E-state index in [1.807, 2.05) is 0 Å². The largest absolute Gasteiger partial charge is 0.496 e. The van der Waals surface area contributed by atoms with Crippen LogP contribution in [0.2, 0.25) is 0 Å². The number of ether oxygens (including phenoxy) is 1. The summed E-state index contributed by atoms with van der Waals surface area (Å²) in [7, 11) is 1.41. The van der Waals surface area contributed by atoms with Gasteiger partial charge in [0.25, 0.3) is 5.69 Å². The first-order valence-corrected chi connectivity index (χ1v) is 6.57. The molecule has 2 amide bonds. The molecule has 2 rings (SSSR count). The Morgan fingerprint density at radius 3 is 2.95 bits per heavy atom. The van der Waals surface area contributed by atoms with Gasteiger partial charge in [-0.25, -0.2) is 4.79 Å². The van der Waals surface area contributed by atoms with E-state index in [1.165, 1.54) is 30.2 Å². The van der Waals surface area contributed by atoms with Gasteiger partial charge in [-0.1, -0.05) is 0 Å². The second-order valence-electron chi connectivity index (χ2n) is 4.81. The Morgan fingerprint density at radius 2 is 2.33 bits per heavy atom. The average molecular weight is 295 g/mol. The van der Waals surface area contributed by atoms with E-state index in [1.54, 1.807) is 0 Å². The highest BCUT2D eigenvalue weighted by Crippen LogP contribution is 2.29. The van der Waals surface area contributed by atoms with E-state index in [4.69, 9.17) is 4.74 Å². The maximum atomic E-state index is 12.1. The number of β-amino-alcohol motifs (C(OH)–C–C–N with tert-alkyl or cyclic N) is 1. The third-order valence-electron chi connectivity index (χ3n) is 3.33. The molecule has 1 heterocycles. The molecule has 1 aliphatic rings. The number of nitro groups is 1. The van der Waals surface area contributed by atoms with Crippen molar-refractivity contribution in [1.29, 1.82) is 0 Å². The lowest BCUT2D eigenvalue weighted by Gasteiger charge is -2.30. The minimum atomic E-state index is -0.580. The van der Waals surface area contributed by atoms with Crippen LogP contribution in [-0.2, 0) is 0 Å². The van der Waals surface area contributed by atoms with Crippen LogP contribution in [0, 0.1) is 10.1 Å². The predicted molar refractivity (Wildman–Crippen MR) is 75.5 cm³/mol. The Morgan fingerprint density at radius 1 is 1.57 bits per heavy atom. The highest BCUT2D eigenvalue weighted by atomic mass is 16.6. The number of nitrogens with one attached hydrogen (secondary N) is 1. The van der Waals surface area contributed by atoms with Gasteiger partial charge in [0.2, 0.25) is 0 Å². The Balaban J connectivity index is 2.14. The minimum Gasteiger partial charge on any atom is -0.496 e. The summed E-state index contributed by atoms with van der Waals surface area (Å²) < 4.78 is 4.93. The number of aliphatic hydroxyl groups excluding tert-OH is 1. The molecule has 1 aromatic rings. The number of hydrogen-bond acceptors (Lipinski definition) is 5. The number of methoxy groups -OCH3 is 1. The number of anilines is 1. The number of amides is 2. The number of aliphatic hydroxyl groups is 1. The van der Waals surface area contributed by atoms with Crippen molar-refractivity contribution in [2.75, 3.05) is 25.5 Å². The summed E-state index contributed by atoms with van der Waals surface area (Å²) in [5.41, 5.74) is -0.133. The maximum Gasteiger partial charge on any atom is 0.322 e. The fraction of sp³-hybridized carbons (Fsp3) is 0.462. The van der Waals surface area contributed by atoms with Gasteiger partial charge in [0.1, 0.15) is 11.4 Å². The van der Waals surface area contributed by atoms with Crippen LogP contribution in [0.25, 0.3) is 0 Å². The molecule has 1 aliphatic heterocycles. The van der Waals surface area contributed by atoms with Gasteiger partial charge in [0.05, 0.1) is 24.2 Å². The Bertz CT molecular complexity index is 549. The standard InChI is InChI=1S/C13H17N3O5/c1-21-10-4-5-11(12(7-10)16(19)20)14-13(18)15-6-2-3-9(17)8-15/h4-5,7,9,17H,2-3,6,8H2,1H3,(H,14,18). The van der Waals surface area contributed by atoms with Crippen molar-refractivity contribution >= 4 is 17.4 Å². The number of nitro benzene ring substituents is 1. The molecule has 0 aromatic heterocycles. The normalized spacial score (nSPS) is 18.2. The SMILES string of the molecule is COc1ccc(NC(=O)N2CCCC(O)C2)c([N+](=O)[O-])c1. The molecule has 21 heavy (non-hydrogen) atoms. The lowest BCUT2D eigenvalue weighted by Crippen LogP contribution is -2.44. The van der Waals surface area contributed by atoms with Crippen molar-refractivity contribution in [2.24, 2.45) is 0 Å². The van der Waals surface area contributed by atoms with Crippen molar-refractivity contribution in [1.82, 2.24) is 4.90 Å². The first-order valence-electron chi connectivity index (χ1n) is 6.57. The van der Waals surface area contributed by atoms with E-state index < -0.39 is 17.1 Å². The number of piperidine rings is 1. The first kappa shape index (κ1) is 15.0. The van der Waals surface area contributed by atoms with Gasteiger partial charge in [-0.2, -0.15) is 0 Å². The zero-order valence-electron chi connectivity index (χ0n) is 11.6. The zero-order chi connectivity index (χ0) is 15.4. The maximum absolute atomic E-state index is 12.1. The van der Waals surface area contributed by atoms with Crippen LogP contribution in [0.15, 0.2) is 18.2 Å². The summed E-state index contributed by atoms with van der Waals surface area (Å²) in [6, 6.07) is 3.76.